The summed E-state index contributed by atoms with van der Waals surface area (Å²) in [6.07, 6.45) is 4.45. The molecule has 240 valence electrons. The van der Waals surface area contributed by atoms with E-state index in [0.717, 1.165) is 69.3 Å². The molecule has 2 unspecified atom stereocenters. The number of nitrogens with one attached hydrogen (secondary N) is 2. The van der Waals surface area contributed by atoms with Crippen LogP contribution < -0.4 is 21.1 Å². The average molecular weight is 649 g/mol. The maximum atomic E-state index is 6.80. The molecule has 3 aliphatic heterocycles. The van der Waals surface area contributed by atoms with E-state index in [2.05, 4.69) is 125 Å². The predicted molar refractivity (Wildman–Crippen MR) is 206 cm³/mol. The topological polar surface area (TPSA) is 62.5 Å². The molecule has 6 aromatic carbocycles. The number of fused-ring (bicyclic) bond motifs is 6. The monoisotopic (exact) mass is 648 g/mol. The quantitative estimate of drug-likeness (QED) is 0.0911. The zero-order valence-corrected chi connectivity index (χ0v) is 28.0. The van der Waals surface area contributed by atoms with E-state index in [-0.39, 0.29) is 12.1 Å². The molecule has 3 saturated heterocycles. The first-order chi connectivity index (χ1) is 23.5. The molecule has 3 fully saturated rings. The van der Waals surface area contributed by atoms with E-state index < -0.39 is 0 Å². The van der Waals surface area contributed by atoms with Gasteiger partial charge in [-0.1, -0.05) is 91.0 Å². The maximum absolute atomic E-state index is 6.80. The standard InChI is InChI=1S/C42H40N4OS/c1-3-26-25-46-22-21-30(26)23-38(46)41(34-14-8-11-29-15-18-31(47-2)24-35(29)34)45-42(48)44-37-20-17-28-10-5-7-13-33(28)40(37)39-32-12-6-4-9-27(32)16-19-36(39)43/h3-20,24,26,30,38,41H,1,21-23,25,43H2,2H3,(H2,44,45,48)/t26-,30+,38+,41?/m1/s1. The normalized spacial score (nSPS) is 20.9. The lowest BCUT2D eigenvalue weighted by Gasteiger charge is -2.52. The van der Waals surface area contributed by atoms with E-state index >= 15 is 0 Å². The third-order valence-corrected chi connectivity index (χ3v) is 10.9. The lowest BCUT2D eigenvalue weighted by Crippen LogP contribution is -2.57. The average Bonchev–Trinajstić information content (AvgIpc) is 3.13. The van der Waals surface area contributed by atoms with E-state index in [4.69, 9.17) is 22.7 Å². The zero-order valence-electron chi connectivity index (χ0n) is 27.2. The number of anilines is 2. The summed E-state index contributed by atoms with van der Waals surface area (Å²) in [6, 6.07) is 38.4. The summed E-state index contributed by atoms with van der Waals surface area (Å²) in [7, 11) is 1.73. The first-order valence-corrected chi connectivity index (χ1v) is 17.2. The van der Waals surface area contributed by atoms with Crippen molar-refractivity contribution in [2.45, 2.75) is 24.9 Å². The molecule has 0 aromatic heterocycles. The molecule has 0 aliphatic carbocycles. The first kappa shape index (κ1) is 30.4. The van der Waals surface area contributed by atoms with Gasteiger partial charge in [-0.05, 0) is 106 Å². The smallest absolute Gasteiger partial charge is 0.171 e. The Labute approximate surface area is 287 Å². The van der Waals surface area contributed by atoms with Crippen LogP contribution in [0.3, 0.4) is 0 Å². The van der Waals surface area contributed by atoms with Gasteiger partial charge < -0.3 is 21.1 Å². The summed E-state index contributed by atoms with van der Waals surface area (Å²) in [5.41, 5.74) is 11.7. The second-order valence-electron chi connectivity index (χ2n) is 13.2. The van der Waals surface area contributed by atoms with E-state index in [9.17, 15) is 0 Å². The van der Waals surface area contributed by atoms with Gasteiger partial charge in [0, 0.05) is 35.1 Å². The number of benzene rings is 6. The van der Waals surface area contributed by atoms with E-state index in [1.54, 1.807) is 7.11 Å². The molecule has 0 radical (unpaired) electrons. The lowest BCUT2D eigenvalue weighted by atomic mass is 9.73. The van der Waals surface area contributed by atoms with Crippen LogP contribution in [0.25, 0.3) is 43.4 Å². The van der Waals surface area contributed by atoms with Crippen molar-refractivity contribution < 1.29 is 4.74 Å². The number of hydrogen-bond donors (Lipinski definition) is 3. The van der Waals surface area contributed by atoms with Crippen molar-refractivity contribution in [2.75, 3.05) is 31.2 Å². The fourth-order valence-corrected chi connectivity index (χ4v) is 8.53. The van der Waals surface area contributed by atoms with Gasteiger partial charge in [-0.25, -0.2) is 0 Å². The summed E-state index contributed by atoms with van der Waals surface area (Å²) in [5, 5.41) is 15.0. The Balaban J connectivity index is 1.22. The van der Waals surface area contributed by atoms with Crippen LogP contribution >= 0.6 is 12.2 Å². The Morgan fingerprint density at radius 1 is 0.875 bits per heavy atom. The first-order valence-electron chi connectivity index (χ1n) is 16.8. The SMILES string of the molecule is C=C[C@@H]1CN2CC[C@H]1C[C@H]2C(NC(=S)Nc1ccc2ccccc2c1-c1c(N)ccc2ccccc12)c1cccc2ccc(OC)cc12. The molecule has 6 aromatic rings. The van der Waals surface area contributed by atoms with Gasteiger partial charge in [0.15, 0.2) is 5.11 Å². The van der Waals surface area contributed by atoms with Gasteiger partial charge >= 0.3 is 0 Å². The van der Waals surface area contributed by atoms with Crippen LogP contribution in [0.4, 0.5) is 11.4 Å². The predicted octanol–water partition coefficient (Wildman–Crippen LogP) is 9.33. The molecule has 0 spiro atoms. The fraction of sp³-hybridized carbons (Fsp3) is 0.214. The van der Waals surface area contributed by atoms with Crippen LogP contribution in [-0.2, 0) is 0 Å². The highest BCUT2D eigenvalue weighted by Gasteiger charge is 2.43. The number of piperidine rings is 3. The van der Waals surface area contributed by atoms with Crippen LogP contribution in [-0.4, -0.2) is 36.3 Å². The van der Waals surface area contributed by atoms with Gasteiger partial charge in [-0.3, -0.25) is 4.90 Å². The maximum Gasteiger partial charge on any atom is 0.171 e. The molecule has 5 nitrogen and oxygen atoms in total. The van der Waals surface area contributed by atoms with Gasteiger partial charge in [0.05, 0.1) is 13.2 Å². The Hall–Kier alpha value is -4.91. The lowest BCUT2D eigenvalue weighted by molar-refractivity contribution is 0.00443. The molecule has 2 bridgehead atoms. The molecule has 48 heavy (non-hydrogen) atoms. The molecule has 3 aliphatic rings. The number of thiocarbonyl (C=S) groups is 1. The number of methoxy groups -OCH3 is 1. The van der Waals surface area contributed by atoms with Crippen LogP contribution in [0.1, 0.15) is 24.4 Å². The zero-order chi connectivity index (χ0) is 32.8. The van der Waals surface area contributed by atoms with Gasteiger partial charge in [0.25, 0.3) is 0 Å². The minimum Gasteiger partial charge on any atom is -0.497 e. The Kier molecular flexibility index (Phi) is 7.99. The molecule has 5 atom stereocenters. The van der Waals surface area contributed by atoms with Crippen molar-refractivity contribution in [3.05, 3.63) is 127 Å². The van der Waals surface area contributed by atoms with Gasteiger partial charge in [-0.15, -0.1) is 6.58 Å². The number of nitrogen functional groups attached to an aromatic ring is 1. The second kappa shape index (κ2) is 12.6. The number of ether oxygens (including phenoxy) is 1. The minimum absolute atomic E-state index is 0.0408. The van der Waals surface area contributed by atoms with Crippen molar-refractivity contribution in [3.8, 4) is 16.9 Å². The summed E-state index contributed by atoms with van der Waals surface area (Å²) >= 11 is 6.23. The van der Waals surface area contributed by atoms with Crippen molar-refractivity contribution in [1.29, 1.82) is 0 Å². The van der Waals surface area contributed by atoms with E-state index in [1.807, 2.05) is 12.1 Å². The minimum atomic E-state index is -0.0408. The molecule has 0 saturated carbocycles. The highest BCUT2D eigenvalue weighted by molar-refractivity contribution is 7.80. The van der Waals surface area contributed by atoms with Crippen LogP contribution in [0.15, 0.2) is 122 Å². The molecule has 9 rings (SSSR count). The largest absolute Gasteiger partial charge is 0.497 e. The molecule has 3 heterocycles. The Morgan fingerprint density at radius 2 is 1.56 bits per heavy atom. The van der Waals surface area contributed by atoms with Gasteiger partial charge in [-0.2, -0.15) is 0 Å². The summed E-state index contributed by atoms with van der Waals surface area (Å²) in [5.74, 6) is 1.99. The third-order valence-electron chi connectivity index (χ3n) is 10.7. The Bertz CT molecular complexity index is 2190. The molecule has 6 heteroatoms. The van der Waals surface area contributed by atoms with Crippen LogP contribution in [0, 0.1) is 11.8 Å². The van der Waals surface area contributed by atoms with Crippen LogP contribution in [0.2, 0.25) is 0 Å². The number of nitrogens with zero attached hydrogens (tertiary/aromatic N) is 1. The summed E-state index contributed by atoms with van der Waals surface area (Å²) < 4.78 is 5.68. The second-order valence-corrected chi connectivity index (χ2v) is 13.6. The molecule has 4 N–H and O–H groups in total. The number of nitrogens with two attached hydrogens (primary N) is 1. The van der Waals surface area contributed by atoms with Crippen molar-refractivity contribution in [1.82, 2.24) is 10.2 Å². The van der Waals surface area contributed by atoms with Crippen molar-refractivity contribution in [2.24, 2.45) is 11.8 Å². The van der Waals surface area contributed by atoms with E-state index in [0.29, 0.717) is 16.9 Å². The van der Waals surface area contributed by atoms with Gasteiger partial charge in [0.1, 0.15) is 5.75 Å². The molecule has 0 amide bonds. The summed E-state index contributed by atoms with van der Waals surface area (Å²) in [4.78, 5) is 2.64. The van der Waals surface area contributed by atoms with Crippen LogP contribution in [0.5, 0.6) is 5.75 Å². The highest BCUT2D eigenvalue weighted by Crippen LogP contribution is 2.44. The fourth-order valence-electron chi connectivity index (χ4n) is 8.29. The summed E-state index contributed by atoms with van der Waals surface area (Å²) in [6.45, 7) is 6.28. The molecular formula is C42H40N4OS. The van der Waals surface area contributed by atoms with E-state index in [1.165, 1.54) is 22.8 Å². The van der Waals surface area contributed by atoms with Gasteiger partial charge in [0.2, 0.25) is 0 Å². The number of hydrogen-bond acceptors (Lipinski definition) is 4. The Morgan fingerprint density at radius 3 is 2.29 bits per heavy atom. The number of rotatable bonds is 7. The highest BCUT2D eigenvalue weighted by atomic mass is 32.1. The third kappa shape index (κ3) is 5.35. The molecular weight excluding hydrogens is 609 g/mol. The van der Waals surface area contributed by atoms with Crippen molar-refractivity contribution >= 4 is 61.0 Å². The van der Waals surface area contributed by atoms with Crippen molar-refractivity contribution in [3.63, 3.8) is 0 Å².